The number of carbonyl (C=O) groups excluding carboxylic acids is 1. The van der Waals surface area contributed by atoms with E-state index >= 15 is 0 Å². The van der Waals surface area contributed by atoms with Gasteiger partial charge in [0, 0.05) is 27.1 Å². The van der Waals surface area contributed by atoms with E-state index in [2.05, 4.69) is 32.9 Å². The molecule has 0 aliphatic carbocycles. The molecule has 122 valence electrons. The van der Waals surface area contributed by atoms with Crippen LogP contribution in [-0.4, -0.2) is 28.0 Å². The summed E-state index contributed by atoms with van der Waals surface area (Å²) in [7, 11) is 0. The minimum atomic E-state index is -1.06. The summed E-state index contributed by atoms with van der Waals surface area (Å²) in [5.41, 5.74) is 2.28. The molecule has 0 unspecified atom stereocenters. The van der Waals surface area contributed by atoms with Crippen molar-refractivity contribution in [1.29, 1.82) is 0 Å². The smallest absolute Gasteiger partial charge is 0.326 e. The van der Waals surface area contributed by atoms with Crippen LogP contribution in [0.15, 0.2) is 54.7 Å². The number of hydrogen-bond donors (Lipinski definition) is 3. The van der Waals surface area contributed by atoms with E-state index in [9.17, 15) is 14.7 Å². The number of aromatic amines is 1. The molecule has 0 aliphatic rings. The summed E-state index contributed by atoms with van der Waals surface area (Å²) < 4.78 is 0.781. The summed E-state index contributed by atoms with van der Waals surface area (Å²) in [6.45, 7) is 0. The molecule has 5 nitrogen and oxygen atoms in total. The van der Waals surface area contributed by atoms with Gasteiger partial charge < -0.3 is 15.4 Å². The van der Waals surface area contributed by atoms with Crippen molar-refractivity contribution >= 4 is 45.4 Å². The second kappa shape index (κ2) is 7.04. The van der Waals surface area contributed by atoms with Crippen molar-refractivity contribution in [3.63, 3.8) is 0 Å². The Morgan fingerprint density at radius 3 is 2.58 bits per heavy atom. The predicted molar refractivity (Wildman–Crippen MR) is 100 cm³/mol. The number of halogens is 1. The van der Waals surface area contributed by atoms with E-state index in [0.717, 1.165) is 20.0 Å². The van der Waals surface area contributed by atoms with Crippen molar-refractivity contribution < 1.29 is 14.7 Å². The van der Waals surface area contributed by atoms with Gasteiger partial charge in [0.15, 0.2) is 0 Å². The molecule has 6 heteroatoms. The van der Waals surface area contributed by atoms with Crippen molar-refractivity contribution in [1.82, 2.24) is 10.3 Å². The number of carboxylic acid groups (broad SMARTS) is 1. The number of nitrogens with one attached hydrogen (secondary N) is 2. The highest BCUT2D eigenvalue weighted by Crippen LogP contribution is 2.19. The number of fused-ring (bicyclic) bond motifs is 1. The molecule has 1 atom stereocenters. The largest absolute Gasteiger partial charge is 0.480 e. The fourth-order valence-electron chi connectivity index (χ4n) is 2.60. The third-order valence-electron chi connectivity index (χ3n) is 3.82. The molecule has 1 amide bonds. The molecule has 3 aromatic rings. The fourth-order valence-corrected chi connectivity index (χ4v) is 3.23. The van der Waals surface area contributed by atoms with Gasteiger partial charge in [0.2, 0.25) is 0 Å². The highest BCUT2D eigenvalue weighted by atomic mass is 127. The van der Waals surface area contributed by atoms with Gasteiger partial charge >= 0.3 is 5.97 Å². The number of H-pyrrole nitrogens is 1. The van der Waals surface area contributed by atoms with Crippen LogP contribution in [0.3, 0.4) is 0 Å². The van der Waals surface area contributed by atoms with Gasteiger partial charge in [0.05, 0.1) is 5.56 Å². The second-order valence-electron chi connectivity index (χ2n) is 5.41. The van der Waals surface area contributed by atoms with E-state index < -0.39 is 12.0 Å². The first-order valence-corrected chi connectivity index (χ1v) is 8.47. The Labute approximate surface area is 152 Å². The Morgan fingerprint density at radius 2 is 1.83 bits per heavy atom. The molecule has 0 aliphatic heterocycles. The van der Waals surface area contributed by atoms with Crippen molar-refractivity contribution in [2.75, 3.05) is 0 Å². The number of rotatable bonds is 5. The monoisotopic (exact) mass is 434 g/mol. The SMILES string of the molecule is O=C(N[C@@H](Cc1c[nH]c2ccccc12)C(=O)O)c1ccccc1I. The van der Waals surface area contributed by atoms with E-state index in [1.54, 1.807) is 18.3 Å². The van der Waals surface area contributed by atoms with Crippen molar-refractivity contribution in [2.24, 2.45) is 0 Å². The highest BCUT2D eigenvalue weighted by Gasteiger charge is 2.23. The van der Waals surface area contributed by atoms with Gasteiger partial charge in [-0.05, 0) is 46.4 Å². The minimum absolute atomic E-state index is 0.217. The summed E-state index contributed by atoms with van der Waals surface area (Å²) in [5.74, 6) is -1.44. The first kappa shape index (κ1) is 16.5. The third-order valence-corrected chi connectivity index (χ3v) is 4.76. The Balaban J connectivity index is 1.82. The molecular weight excluding hydrogens is 419 g/mol. The van der Waals surface area contributed by atoms with E-state index in [-0.39, 0.29) is 12.3 Å². The molecule has 0 saturated heterocycles. The van der Waals surface area contributed by atoms with Crippen LogP contribution in [-0.2, 0) is 11.2 Å². The fraction of sp³-hybridized carbons (Fsp3) is 0.111. The molecule has 0 saturated carbocycles. The highest BCUT2D eigenvalue weighted by molar-refractivity contribution is 14.1. The van der Waals surface area contributed by atoms with Crippen LogP contribution in [0, 0.1) is 3.57 Å². The van der Waals surface area contributed by atoms with Crippen molar-refractivity contribution in [2.45, 2.75) is 12.5 Å². The lowest BCUT2D eigenvalue weighted by Gasteiger charge is -2.15. The van der Waals surface area contributed by atoms with E-state index in [1.165, 1.54) is 0 Å². The number of hydrogen-bond acceptors (Lipinski definition) is 2. The molecule has 0 spiro atoms. The molecule has 1 heterocycles. The summed E-state index contributed by atoms with van der Waals surface area (Å²) >= 11 is 2.06. The lowest BCUT2D eigenvalue weighted by molar-refractivity contribution is -0.139. The Morgan fingerprint density at radius 1 is 1.12 bits per heavy atom. The molecule has 3 rings (SSSR count). The van der Waals surface area contributed by atoms with Crippen LogP contribution >= 0.6 is 22.6 Å². The number of aromatic nitrogens is 1. The van der Waals surface area contributed by atoms with Crippen LogP contribution < -0.4 is 5.32 Å². The predicted octanol–water partition coefficient (Wildman–Crippen LogP) is 3.20. The number of carbonyl (C=O) groups is 2. The maximum Gasteiger partial charge on any atom is 0.326 e. The number of amides is 1. The summed E-state index contributed by atoms with van der Waals surface area (Å²) in [6, 6.07) is 13.8. The van der Waals surface area contributed by atoms with E-state index in [0.29, 0.717) is 5.56 Å². The maximum atomic E-state index is 12.4. The molecular formula is C18H15IN2O3. The number of aliphatic carboxylic acids is 1. The van der Waals surface area contributed by atoms with Gasteiger partial charge in [-0.3, -0.25) is 4.79 Å². The zero-order chi connectivity index (χ0) is 17.1. The van der Waals surface area contributed by atoms with Crippen molar-refractivity contribution in [3.05, 3.63) is 69.4 Å². The van der Waals surface area contributed by atoms with Crippen LogP contribution in [0.2, 0.25) is 0 Å². The number of para-hydroxylation sites is 1. The molecule has 0 radical (unpaired) electrons. The maximum absolute atomic E-state index is 12.4. The first-order valence-electron chi connectivity index (χ1n) is 7.39. The van der Waals surface area contributed by atoms with Gasteiger partial charge in [-0.15, -0.1) is 0 Å². The Bertz CT molecular complexity index is 904. The van der Waals surface area contributed by atoms with Crippen LogP contribution in [0.5, 0.6) is 0 Å². The van der Waals surface area contributed by atoms with Gasteiger partial charge in [0.1, 0.15) is 6.04 Å². The Kier molecular flexibility index (Phi) is 4.84. The molecule has 24 heavy (non-hydrogen) atoms. The summed E-state index contributed by atoms with van der Waals surface area (Å²) in [4.78, 5) is 27.1. The standard InChI is InChI=1S/C18H15IN2O3/c19-14-7-3-1-6-13(14)17(22)21-16(18(23)24)9-11-10-20-15-8-4-2-5-12(11)15/h1-8,10,16,20H,9H2,(H,21,22)(H,23,24)/t16-/m0/s1. The normalized spacial score (nSPS) is 12.0. The van der Waals surface area contributed by atoms with Gasteiger partial charge in [-0.1, -0.05) is 30.3 Å². The third kappa shape index (κ3) is 3.43. The van der Waals surface area contributed by atoms with E-state index in [4.69, 9.17) is 0 Å². The average Bonchev–Trinajstić information content (AvgIpc) is 2.97. The lowest BCUT2D eigenvalue weighted by Crippen LogP contribution is -2.42. The average molecular weight is 434 g/mol. The Hall–Kier alpha value is -2.35. The summed E-state index contributed by atoms with van der Waals surface area (Å²) in [6.07, 6.45) is 2.01. The van der Waals surface area contributed by atoms with Gasteiger partial charge in [-0.2, -0.15) is 0 Å². The first-order chi connectivity index (χ1) is 11.6. The molecule has 2 aromatic carbocycles. The molecule has 1 aromatic heterocycles. The minimum Gasteiger partial charge on any atom is -0.480 e. The van der Waals surface area contributed by atoms with Crippen molar-refractivity contribution in [3.8, 4) is 0 Å². The van der Waals surface area contributed by atoms with E-state index in [1.807, 2.05) is 36.4 Å². The van der Waals surface area contributed by atoms with Crippen LogP contribution in [0.1, 0.15) is 15.9 Å². The lowest BCUT2D eigenvalue weighted by atomic mass is 10.0. The van der Waals surface area contributed by atoms with Crippen LogP contribution in [0.25, 0.3) is 10.9 Å². The topological polar surface area (TPSA) is 82.2 Å². The van der Waals surface area contributed by atoms with Gasteiger partial charge in [0.25, 0.3) is 5.91 Å². The zero-order valence-electron chi connectivity index (χ0n) is 12.6. The molecule has 3 N–H and O–H groups in total. The quantitative estimate of drug-likeness (QED) is 0.540. The number of carboxylic acids is 1. The zero-order valence-corrected chi connectivity index (χ0v) is 14.8. The second-order valence-corrected chi connectivity index (χ2v) is 6.57. The van der Waals surface area contributed by atoms with Gasteiger partial charge in [-0.25, -0.2) is 4.79 Å². The number of benzene rings is 2. The molecule has 0 fully saturated rings. The summed E-state index contributed by atoms with van der Waals surface area (Å²) in [5, 5.41) is 13.1. The van der Waals surface area contributed by atoms with Crippen LogP contribution in [0.4, 0.5) is 0 Å². The molecule has 0 bridgehead atoms.